The fourth-order valence-electron chi connectivity index (χ4n) is 3.31. The molecule has 0 fully saturated rings. The number of hydrogen-bond acceptors (Lipinski definition) is 4. The molecule has 2 aromatic heterocycles. The second-order valence-corrected chi connectivity index (χ2v) is 6.90. The molecular weight excluding hydrogens is 392 g/mol. The monoisotopic (exact) mass is 411 g/mol. The SMILES string of the molecule is COc1c(F)cc(Cn2ncc(NC(=O)Cc3ccc4c(ccn4C)c3)n2)cc1F. The predicted octanol–water partition coefficient (Wildman–Crippen LogP) is 3.29. The maximum atomic E-state index is 13.8. The van der Waals surface area contributed by atoms with Crippen molar-refractivity contribution in [3.8, 4) is 5.75 Å². The number of fused-ring (bicyclic) bond motifs is 1. The van der Waals surface area contributed by atoms with Gasteiger partial charge in [0, 0.05) is 18.8 Å². The molecule has 0 aliphatic rings. The minimum atomic E-state index is -0.802. The summed E-state index contributed by atoms with van der Waals surface area (Å²) in [6, 6.07) is 10.2. The highest BCUT2D eigenvalue weighted by atomic mass is 19.1. The Morgan fingerprint density at radius 2 is 1.90 bits per heavy atom. The number of hydrogen-bond donors (Lipinski definition) is 1. The zero-order chi connectivity index (χ0) is 21.3. The number of nitrogens with zero attached hydrogens (tertiary/aromatic N) is 4. The summed E-state index contributed by atoms with van der Waals surface area (Å²) in [4.78, 5) is 13.6. The second kappa shape index (κ2) is 7.94. The Labute approximate surface area is 170 Å². The molecule has 0 spiro atoms. The van der Waals surface area contributed by atoms with Gasteiger partial charge in [-0.15, -0.1) is 5.10 Å². The minimum Gasteiger partial charge on any atom is -0.491 e. The van der Waals surface area contributed by atoms with Gasteiger partial charge in [-0.1, -0.05) is 6.07 Å². The number of ether oxygens (including phenoxy) is 1. The predicted molar refractivity (Wildman–Crippen MR) is 107 cm³/mol. The summed E-state index contributed by atoms with van der Waals surface area (Å²) < 4.78 is 34.3. The van der Waals surface area contributed by atoms with Gasteiger partial charge in [0.05, 0.1) is 26.3 Å². The highest BCUT2D eigenvalue weighted by molar-refractivity contribution is 5.92. The molecule has 4 aromatic rings. The average Bonchev–Trinajstić information content (AvgIpc) is 3.27. The molecule has 0 atom stereocenters. The lowest BCUT2D eigenvalue weighted by atomic mass is 10.1. The Bertz CT molecular complexity index is 1210. The maximum absolute atomic E-state index is 13.8. The van der Waals surface area contributed by atoms with Crippen LogP contribution in [-0.4, -0.2) is 32.6 Å². The molecule has 154 valence electrons. The number of nitrogens with one attached hydrogen (secondary N) is 1. The lowest BCUT2D eigenvalue weighted by molar-refractivity contribution is -0.115. The summed E-state index contributed by atoms with van der Waals surface area (Å²) in [5.74, 6) is -2.02. The highest BCUT2D eigenvalue weighted by Gasteiger charge is 2.13. The number of methoxy groups -OCH3 is 1. The first-order chi connectivity index (χ1) is 14.4. The molecule has 9 heteroatoms. The standard InChI is InChI=1S/C21H19F2N5O2/c1-27-6-5-15-7-13(3-4-18(15)27)10-20(29)25-19-11-24-28(26-19)12-14-8-16(22)21(30-2)17(23)9-14/h3-9,11H,10,12H2,1-2H3,(H,25,26,29). The molecule has 0 bridgehead atoms. The number of amides is 1. The van der Waals surface area contributed by atoms with Crippen molar-refractivity contribution in [1.82, 2.24) is 19.6 Å². The van der Waals surface area contributed by atoms with Gasteiger partial charge in [0.15, 0.2) is 23.2 Å². The van der Waals surface area contributed by atoms with Gasteiger partial charge >= 0.3 is 0 Å². The minimum absolute atomic E-state index is 0.0401. The van der Waals surface area contributed by atoms with Crippen LogP contribution in [0.3, 0.4) is 0 Å². The normalized spacial score (nSPS) is 11.1. The van der Waals surface area contributed by atoms with E-state index in [9.17, 15) is 13.6 Å². The molecule has 2 heterocycles. The Balaban J connectivity index is 1.40. The molecule has 0 saturated heterocycles. The fourth-order valence-corrected chi connectivity index (χ4v) is 3.31. The van der Waals surface area contributed by atoms with Crippen molar-refractivity contribution in [1.29, 1.82) is 0 Å². The van der Waals surface area contributed by atoms with Crippen molar-refractivity contribution in [2.75, 3.05) is 12.4 Å². The number of benzene rings is 2. The highest BCUT2D eigenvalue weighted by Crippen LogP contribution is 2.23. The number of halogens is 2. The van der Waals surface area contributed by atoms with E-state index in [4.69, 9.17) is 0 Å². The Kier molecular flexibility index (Phi) is 5.18. The van der Waals surface area contributed by atoms with Crippen LogP contribution in [0.4, 0.5) is 14.6 Å². The molecule has 0 unspecified atom stereocenters. The van der Waals surface area contributed by atoms with Gasteiger partial charge in [0.2, 0.25) is 5.91 Å². The molecule has 0 aliphatic carbocycles. The average molecular weight is 411 g/mol. The van der Waals surface area contributed by atoms with Gasteiger partial charge in [-0.25, -0.2) is 8.78 Å². The third kappa shape index (κ3) is 4.00. The Morgan fingerprint density at radius 1 is 1.13 bits per heavy atom. The molecule has 1 N–H and O–H groups in total. The summed E-state index contributed by atoms with van der Waals surface area (Å²) in [5, 5.41) is 11.9. The van der Waals surface area contributed by atoms with Crippen LogP contribution in [0.5, 0.6) is 5.75 Å². The molecule has 7 nitrogen and oxygen atoms in total. The van der Waals surface area contributed by atoms with Gasteiger partial charge in [0.25, 0.3) is 0 Å². The van der Waals surface area contributed by atoms with E-state index in [1.165, 1.54) is 18.1 Å². The molecule has 4 rings (SSSR count). The Morgan fingerprint density at radius 3 is 2.63 bits per heavy atom. The van der Waals surface area contributed by atoms with Crippen molar-refractivity contribution in [2.24, 2.45) is 7.05 Å². The van der Waals surface area contributed by atoms with E-state index in [-0.39, 0.29) is 24.7 Å². The lowest BCUT2D eigenvalue weighted by Gasteiger charge is -2.06. The third-order valence-electron chi connectivity index (χ3n) is 4.70. The topological polar surface area (TPSA) is 74.0 Å². The van der Waals surface area contributed by atoms with Crippen LogP contribution in [0.25, 0.3) is 10.9 Å². The van der Waals surface area contributed by atoms with Gasteiger partial charge in [-0.05, 0) is 46.8 Å². The summed E-state index contributed by atoms with van der Waals surface area (Å²) in [7, 11) is 3.16. The van der Waals surface area contributed by atoms with Crippen molar-refractivity contribution in [3.63, 3.8) is 0 Å². The zero-order valence-electron chi connectivity index (χ0n) is 16.4. The molecule has 0 radical (unpaired) electrons. The van der Waals surface area contributed by atoms with Crippen molar-refractivity contribution < 1.29 is 18.3 Å². The van der Waals surface area contributed by atoms with Gasteiger partial charge in [0.1, 0.15) is 0 Å². The quantitative estimate of drug-likeness (QED) is 0.528. The van der Waals surface area contributed by atoms with Crippen molar-refractivity contribution in [3.05, 3.63) is 71.6 Å². The van der Waals surface area contributed by atoms with E-state index >= 15 is 0 Å². The van der Waals surface area contributed by atoms with E-state index in [0.29, 0.717) is 5.56 Å². The van der Waals surface area contributed by atoms with Crippen LogP contribution in [0.1, 0.15) is 11.1 Å². The first-order valence-corrected chi connectivity index (χ1v) is 9.19. The van der Waals surface area contributed by atoms with Crippen LogP contribution in [0, 0.1) is 11.6 Å². The molecule has 1 amide bonds. The van der Waals surface area contributed by atoms with E-state index in [2.05, 4.69) is 20.3 Å². The first-order valence-electron chi connectivity index (χ1n) is 9.19. The van der Waals surface area contributed by atoms with E-state index in [1.54, 1.807) is 0 Å². The first kappa shape index (κ1) is 19.6. The van der Waals surface area contributed by atoms with Gasteiger partial charge in [-0.3, -0.25) is 4.79 Å². The Hall–Kier alpha value is -3.75. The van der Waals surface area contributed by atoms with Crippen molar-refractivity contribution >= 4 is 22.6 Å². The van der Waals surface area contributed by atoms with Crippen molar-refractivity contribution in [2.45, 2.75) is 13.0 Å². The number of rotatable bonds is 6. The fraction of sp³-hybridized carbons (Fsp3) is 0.190. The van der Waals surface area contributed by atoms with E-state index in [1.807, 2.05) is 42.1 Å². The largest absolute Gasteiger partial charge is 0.491 e. The molecule has 2 aromatic carbocycles. The molecule has 0 saturated carbocycles. The number of aromatic nitrogens is 4. The summed E-state index contributed by atoms with van der Waals surface area (Å²) in [5.41, 5.74) is 2.30. The maximum Gasteiger partial charge on any atom is 0.230 e. The summed E-state index contributed by atoms with van der Waals surface area (Å²) >= 11 is 0. The van der Waals surface area contributed by atoms with Crippen LogP contribution in [0.2, 0.25) is 0 Å². The third-order valence-corrected chi connectivity index (χ3v) is 4.70. The van der Waals surface area contributed by atoms with Crippen LogP contribution < -0.4 is 10.1 Å². The van der Waals surface area contributed by atoms with Gasteiger partial charge in [-0.2, -0.15) is 9.90 Å². The van der Waals surface area contributed by atoms with E-state index < -0.39 is 17.4 Å². The smallest absolute Gasteiger partial charge is 0.230 e. The van der Waals surface area contributed by atoms with E-state index in [0.717, 1.165) is 28.6 Å². The molecule has 30 heavy (non-hydrogen) atoms. The zero-order valence-corrected chi connectivity index (χ0v) is 16.4. The second-order valence-electron chi connectivity index (χ2n) is 6.90. The van der Waals surface area contributed by atoms with Crippen LogP contribution in [0.15, 0.2) is 48.8 Å². The lowest BCUT2D eigenvalue weighted by Crippen LogP contribution is -2.15. The van der Waals surface area contributed by atoms with Crippen LogP contribution in [-0.2, 0) is 24.8 Å². The number of anilines is 1. The number of aryl methyl sites for hydroxylation is 1. The van der Waals surface area contributed by atoms with Gasteiger partial charge < -0.3 is 14.6 Å². The summed E-state index contributed by atoms with van der Waals surface area (Å²) in [6.07, 6.45) is 3.54. The molecular formula is C21H19F2N5O2. The van der Waals surface area contributed by atoms with Crippen LogP contribution >= 0.6 is 0 Å². The molecule has 0 aliphatic heterocycles. The number of carbonyl (C=O) groups is 1. The number of carbonyl (C=O) groups excluding carboxylic acids is 1. The summed E-state index contributed by atoms with van der Waals surface area (Å²) in [6.45, 7) is 0.0401.